The zero-order valence-electron chi connectivity index (χ0n) is 15.1. The van der Waals surface area contributed by atoms with Gasteiger partial charge in [0.15, 0.2) is 5.82 Å². The number of aryl methyl sites for hydroxylation is 3. The lowest BCUT2D eigenvalue weighted by Gasteiger charge is -2.29. The maximum Gasteiger partial charge on any atom is 0.318 e. The van der Waals surface area contributed by atoms with Crippen molar-refractivity contribution in [2.24, 2.45) is 0 Å². The van der Waals surface area contributed by atoms with Gasteiger partial charge in [0.1, 0.15) is 12.3 Å². The number of rotatable bonds is 4. The largest absolute Gasteiger partial charge is 0.493 e. The number of amides is 2. The Balaban J connectivity index is 1.69. The van der Waals surface area contributed by atoms with E-state index in [1.54, 1.807) is 11.9 Å². The quantitative estimate of drug-likeness (QED) is 0.922. The molecule has 25 heavy (non-hydrogen) atoms. The van der Waals surface area contributed by atoms with Crippen LogP contribution >= 0.6 is 0 Å². The normalized spacial score (nSPS) is 16.1. The molecule has 2 aromatic rings. The molecule has 1 aliphatic heterocycles. The van der Waals surface area contributed by atoms with Crippen molar-refractivity contribution in [3.8, 4) is 5.75 Å². The Bertz CT molecular complexity index is 772. The molecule has 0 bridgehead atoms. The molecule has 1 aromatic heterocycles. The molecule has 0 fully saturated rings. The number of carbonyl (C=O) groups excluding carboxylic acids is 1. The molecular weight excluding hydrogens is 320 g/mol. The number of nitrogens with one attached hydrogen (secondary N) is 1. The molecule has 3 rings (SSSR count). The fourth-order valence-electron chi connectivity index (χ4n) is 3.06. The topological polar surface area (TPSA) is 80.5 Å². The van der Waals surface area contributed by atoms with Crippen LogP contribution in [0.2, 0.25) is 0 Å². The highest BCUT2D eigenvalue weighted by atomic mass is 16.5. The highest BCUT2D eigenvalue weighted by molar-refractivity contribution is 5.74. The fourth-order valence-corrected chi connectivity index (χ4v) is 3.06. The summed E-state index contributed by atoms with van der Waals surface area (Å²) < 4.78 is 10.9. The first-order chi connectivity index (χ1) is 12.0. The van der Waals surface area contributed by atoms with Gasteiger partial charge in [0.05, 0.1) is 12.6 Å². The molecular formula is C18H24N4O3. The first-order valence-corrected chi connectivity index (χ1v) is 8.55. The zero-order valence-corrected chi connectivity index (χ0v) is 15.1. The zero-order chi connectivity index (χ0) is 18.0. The van der Waals surface area contributed by atoms with E-state index in [-0.39, 0.29) is 18.6 Å². The van der Waals surface area contributed by atoms with Crippen molar-refractivity contribution in [1.29, 1.82) is 0 Å². The van der Waals surface area contributed by atoms with Crippen molar-refractivity contribution in [3.05, 3.63) is 40.5 Å². The van der Waals surface area contributed by atoms with Crippen LogP contribution in [0.4, 0.5) is 4.79 Å². The molecule has 0 radical (unpaired) electrons. The van der Waals surface area contributed by atoms with Crippen LogP contribution in [0.3, 0.4) is 0 Å². The summed E-state index contributed by atoms with van der Waals surface area (Å²) in [4.78, 5) is 18.3. The minimum absolute atomic E-state index is 0.0637. The molecule has 134 valence electrons. The predicted molar refractivity (Wildman–Crippen MR) is 92.4 cm³/mol. The molecule has 1 aliphatic rings. The number of hydrogen-bond acceptors (Lipinski definition) is 5. The van der Waals surface area contributed by atoms with Gasteiger partial charge in [-0.05, 0) is 19.4 Å². The van der Waals surface area contributed by atoms with E-state index in [1.807, 2.05) is 20.8 Å². The first kappa shape index (κ1) is 17.3. The van der Waals surface area contributed by atoms with Crippen molar-refractivity contribution >= 4 is 6.03 Å². The van der Waals surface area contributed by atoms with Crippen molar-refractivity contribution in [2.75, 3.05) is 13.7 Å². The van der Waals surface area contributed by atoms with Gasteiger partial charge in [-0.25, -0.2) is 4.79 Å². The number of carbonyl (C=O) groups is 1. The van der Waals surface area contributed by atoms with Crippen molar-refractivity contribution in [1.82, 2.24) is 20.4 Å². The lowest BCUT2D eigenvalue weighted by molar-refractivity contribution is 0.188. The Hall–Kier alpha value is -2.57. The summed E-state index contributed by atoms with van der Waals surface area (Å²) in [5.41, 5.74) is 3.30. The third kappa shape index (κ3) is 3.75. The standard InChI is InChI=1S/C18H24N4O3/c1-5-15-20-16(25-21-15)10-22(4)18(23)19-14-6-7-24-17-12(3)8-11(2)9-13(14)17/h8-9,14H,5-7,10H2,1-4H3,(H,19,23). The lowest BCUT2D eigenvalue weighted by Crippen LogP contribution is -2.40. The smallest absolute Gasteiger partial charge is 0.318 e. The number of benzene rings is 1. The van der Waals surface area contributed by atoms with E-state index in [4.69, 9.17) is 9.26 Å². The van der Waals surface area contributed by atoms with Crippen LogP contribution in [0.1, 0.15) is 47.8 Å². The third-order valence-corrected chi connectivity index (χ3v) is 4.32. The Labute approximate surface area is 147 Å². The molecule has 2 amide bonds. The number of hydrogen-bond donors (Lipinski definition) is 1. The van der Waals surface area contributed by atoms with E-state index in [1.165, 1.54) is 0 Å². The molecule has 7 nitrogen and oxygen atoms in total. The second kappa shape index (κ2) is 7.13. The van der Waals surface area contributed by atoms with Crippen molar-refractivity contribution in [2.45, 2.75) is 46.2 Å². The van der Waals surface area contributed by atoms with E-state index in [9.17, 15) is 4.79 Å². The average Bonchev–Trinajstić information content (AvgIpc) is 3.03. The van der Waals surface area contributed by atoms with Crippen LogP contribution in [-0.4, -0.2) is 34.7 Å². The Morgan fingerprint density at radius 3 is 2.92 bits per heavy atom. The SMILES string of the molecule is CCc1noc(CN(C)C(=O)NC2CCOc3c(C)cc(C)cc32)n1. The van der Waals surface area contributed by atoms with Gasteiger partial charge in [0, 0.05) is 25.5 Å². The minimum atomic E-state index is -0.173. The molecule has 7 heteroatoms. The average molecular weight is 344 g/mol. The monoisotopic (exact) mass is 344 g/mol. The molecule has 0 saturated carbocycles. The van der Waals surface area contributed by atoms with Gasteiger partial charge >= 0.3 is 6.03 Å². The second-order valence-corrected chi connectivity index (χ2v) is 6.45. The summed E-state index contributed by atoms with van der Waals surface area (Å²) in [5, 5.41) is 6.94. The van der Waals surface area contributed by atoms with Crippen LogP contribution in [0.5, 0.6) is 5.75 Å². The molecule has 1 atom stereocenters. The Kier molecular flexibility index (Phi) is 4.92. The number of aromatic nitrogens is 2. The summed E-state index contributed by atoms with van der Waals surface area (Å²) in [6, 6.07) is 3.94. The summed E-state index contributed by atoms with van der Waals surface area (Å²) >= 11 is 0. The van der Waals surface area contributed by atoms with Crippen molar-refractivity contribution in [3.63, 3.8) is 0 Å². The number of fused-ring (bicyclic) bond motifs is 1. The number of ether oxygens (including phenoxy) is 1. The number of urea groups is 1. The minimum Gasteiger partial charge on any atom is -0.493 e. The highest BCUT2D eigenvalue weighted by Gasteiger charge is 2.26. The van der Waals surface area contributed by atoms with E-state index in [2.05, 4.69) is 27.6 Å². The molecule has 0 aliphatic carbocycles. The van der Waals surface area contributed by atoms with Gasteiger partial charge < -0.3 is 19.5 Å². The van der Waals surface area contributed by atoms with E-state index < -0.39 is 0 Å². The van der Waals surface area contributed by atoms with Gasteiger partial charge in [-0.3, -0.25) is 0 Å². The van der Waals surface area contributed by atoms with Crippen molar-refractivity contribution < 1.29 is 14.1 Å². The number of nitrogens with zero attached hydrogens (tertiary/aromatic N) is 3. The van der Waals surface area contributed by atoms with Crippen LogP contribution in [-0.2, 0) is 13.0 Å². The summed E-state index contributed by atoms with van der Waals surface area (Å²) in [6.07, 6.45) is 1.45. The molecule has 1 unspecified atom stereocenters. The molecule has 1 aromatic carbocycles. The van der Waals surface area contributed by atoms with E-state index in [0.717, 1.165) is 28.9 Å². The lowest BCUT2D eigenvalue weighted by atomic mass is 9.96. The first-order valence-electron chi connectivity index (χ1n) is 8.55. The van der Waals surface area contributed by atoms with Gasteiger partial charge in [-0.15, -0.1) is 0 Å². The van der Waals surface area contributed by atoms with Gasteiger partial charge in [0.2, 0.25) is 5.89 Å². The summed E-state index contributed by atoms with van der Waals surface area (Å²) in [5.74, 6) is 1.97. The summed E-state index contributed by atoms with van der Waals surface area (Å²) in [6.45, 7) is 6.91. The molecule has 0 spiro atoms. The second-order valence-electron chi connectivity index (χ2n) is 6.45. The Morgan fingerprint density at radius 1 is 1.40 bits per heavy atom. The maximum absolute atomic E-state index is 12.6. The van der Waals surface area contributed by atoms with Gasteiger partial charge in [-0.2, -0.15) is 4.98 Å². The Morgan fingerprint density at radius 2 is 2.20 bits per heavy atom. The van der Waals surface area contributed by atoms with Crippen LogP contribution in [0.25, 0.3) is 0 Å². The van der Waals surface area contributed by atoms with Gasteiger partial charge in [0.25, 0.3) is 0 Å². The molecule has 1 N–H and O–H groups in total. The van der Waals surface area contributed by atoms with Crippen LogP contribution < -0.4 is 10.1 Å². The van der Waals surface area contributed by atoms with Gasteiger partial charge in [-0.1, -0.05) is 29.8 Å². The maximum atomic E-state index is 12.6. The van der Waals surface area contributed by atoms with Crippen LogP contribution in [0.15, 0.2) is 16.7 Å². The van der Waals surface area contributed by atoms with E-state index in [0.29, 0.717) is 24.7 Å². The summed E-state index contributed by atoms with van der Waals surface area (Å²) in [7, 11) is 1.72. The highest BCUT2D eigenvalue weighted by Crippen LogP contribution is 2.35. The van der Waals surface area contributed by atoms with Crippen LogP contribution in [0, 0.1) is 13.8 Å². The van der Waals surface area contributed by atoms with E-state index >= 15 is 0 Å². The molecule has 0 saturated heterocycles. The molecule has 2 heterocycles. The fraction of sp³-hybridized carbons (Fsp3) is 0.500. The third-order valence-electron chi connectivity index (χ3n) is 4.32. The predicted octanol–water partition coefficient (Wildman–Crippen LogP) is 2.91.